The van der Waals surface area contributed by atoms with Crippen LogP contribution in [0.4, 0.5) is 0 Å². The second-order valence-electron chi connectivity index (χ2n) is 6.05. The van der Waals surface area contributed by atoms with Crippen molar-refractivity contribution in [3.63, 3.8) is 0 Å². The Morgan fingerprint density at radius 3 is 2.28 bits per heavy atom. The number of nitrogens with one attached hydrogen (secondary N) is 1. The third kappa shape index (κ3) is 6.72. The number of hydrogen-bond acceptors (Lipinski definition) is 3. The number of likely N-dealkylation sites (N-methyl/N-ethyl adjacent to an activating group) is 1. The van der Waals surface area contributed by atoms with Crippen LogP contribution >= 0.6 is 0 Å². The van der Waals surface area contributed by atoms with Gasteiger partial charge in [-0.15, -0.1) is 0 Å². The van der Waals surface area contributed by atoms with Crippen molar-refractivity contribution in [2.45, 2.75) is 59.1 Å². The van der Waals surface area contributed by atoms with E-state index in [1.54, 1.807) is 7.11 Å². The van der Waals surface area contributed by atoms with Gasteiger partial charge in [-0.05, 0) is 39.8 Å². The van der Waals surface area contributed by atoms with E-state index in [-0.39, 0.29) is 5.60 Å². The largest absolute Gasteiger partial charge is 0.377 e. The van der Waals surface area contributed by atoms with Gasteiger partial charge in [-0.2, -0.15) is 0 Å². The molecule has 0 amide bonds. The lowest BCUT2D eigenvalue weighted by Crippen LogP contribution is -2.54. The van der Waals surface area contributed by atoms with Crippen molar-refractivity contribution in [1.29, 1.82) is 0 Å². The van der Waals surface area contributed by atoms with E-state index in [1.807, 2.05) is 0 Å². The van der Waals surface area contributed by atoms with Crippen LogP contribution in [0.25, 0.3) is 0 Å². The molecule has 0 aliphatic rings. The summed E-state index contributed by atoms with van der Waals surface area (Å²) in [4.78, 5) is 2.42. The zero-order chi connectivity index (χ0) is 14.2. The number of rotatable bonds is 10. The molecule has 0 saturated heterocycles. The lowest BCUT2D eigenvalue weighted by molar-refractivity contribution is -0.0187. The Morgan fingerprint density at radius 2 is 1.83 bits per heavy atom. The minimum atomic E-state index is -0.126. The van der Waals surface area contributed by atoms with Gasteiger partial charge in [0, 0.05) is 26.2 Å². The maximum atomic E-state index is 5.64. The molecule has 0 saturated carbocycles. The molecule has 3 heteroatoms. The van der Waals surface area contributed by atoms with Crippen LogP contribution in [0.5, 0.6) is 0 Å². The van der Waals surface area contributed by atoms with Gasteiger partial charge in [0.15, 0.2) is 0 Å². The minimum Gasteiger partial charge on any atom is -0.377 e. The maximum Gasteiger partial charge on any atom is 0.0787 e. The standard InChI is InChI=1S/C15H34N2O/c1-8-10-16-14(15(4,5)18-7)12-17(6)11-13(3)9-2/h13-14,16H,8-12H2,1-7H3. The lowest BCUT2D eigenvalue weighted by atomic mass is 9.97. The second kappa shape index (κ2) is 8.89. The molecule has 3 nitrogen and oxygen atoms in total. The quantitative estimate of drug-likeness (QED) is 0.652. The molecule has 0 aliphatic heterocycles. The first-order valence-corrected chi connectivity index (χ1v) is 7.34. The van der Waals surface area contributed by atoms with Crippen molar-refractivity contribution >= 4 is 0 Å². The predicted molar refractivity (Wildman–Crippen MR) is 80.1 cm³/mol. The fourth-order valence-electron chi connectivity index (χ4n) is 2.04. The molecular weight excluding hydrogens is 224 g/mol. The van der Waals surface area contributed by atoms with Crippen molar-refractivity contribution < 1.29 is 4.74 Å². The van der Waals surface area contributed by atoms with Gasteiger partial charge < -0.3 is 15.0 Å². The molecule has 0 spiro atoms. The fraction of sp³-hybridized carbons (Fsp3) is 1.00. The first kappa shape index (κ1) is 17.9. The first-order chi connectivity index (χ1) is 8.37. The van der Waals surface area contributed by atoms with Gasteiger partial charge in [0.1, 0.15) is 0 Å². The Morgan fingerprint density at radius 1 is 1.22 bits per heavy atom. The van der Waals surface area contributed by atoms with Crippen molar-refractivity contribution in [1.82, 2.24) is 10.2 Å². The molecule has 0 rings (SSSR count). The Kier molecular flexibility index (Phi) is 8.83. The van der Waals surface area contributed by atoms with Crippen LogP contribution in [0, 0.1) is 5.92 Å². The van der Waals surface area contributed by atoms with Crippen molar-refractivity contribution in [3.05, 3.63) is 0 Å². The Hall–Kier alpha value is -0.120. The van der Waals surface area contributed by atoms with E-state index in [0.717, 1.165) is 32.0 Å². The average Bonchev–Trinajstić information content (AvgIpc) is 2.33. The summed E-state index contributed by atoms with van der Waals surface area (Å²) in [6.45, 7) is 14.3. The molecule has 0 aromatic heterocycles. The van der Waals surface area contributed by atoms with Crippen LogP contribution in [-0.4, -0.2) is 50.3 Å². The lowest BCUT2D eigenvalue weighted by Gasteiger charge is -2.37. The van der Waals surface area contributed by atoms with E-state index < -0.39 is 0 Å². The van der Waals surface area contributed by atoms with Crippen LogP contribution in [-0.2, 0) is 4.74 Å². The molecule has 0 heterocycles. The number of hydrogen-bond donors (Lipinski definition) is 1. The number of nitrogens with zero attached hydrogens (tertiary/aromatic N) is 1. The summed E-state index contributed by atoms with van der Waals surface area (Å²) in [6.07, 6.45) is 2.40. The maximum absolute atomic E-state index is 5.64. The van der Waals surface area contributed by atoms with Crippen LogP contribution in [0.15, 0.2) is 0 Å². The molecule has 0 radical (unpaired) electrons. The summed E-state index contributed by atoms with van der Waals surface area (Å²) >= 11 is 0. The molecule has 0 aliphatic carbocycles. The molecule has 0 bridgehead atoms. The second-order valence-corrected chi connectivity index (χ2v) is 6.05. The third-order valence-electron chi connectivity index (χ3n) is 3.82. The molecule has 2 atom stereocenters. The highest BCUT2D eigenvalue weighted by molar-refractivity contribution is 4.87. The van der Waals surface area contributed by atoms with E-state index >= 15 is 0 Å². The van der Waals surface area contributed by atoms with Gasteiger partial charge >= 0.3 is 0 Å². The third-order valence-corrected chi connectivity index (χ3v) is 3.82. The molecular formula is C15H34N2O. The van der Waals surface area contributed by atoms with Gasteiger partial charge in [0.25, 0.3) is 0 Å². The average molecular weight is 258 g/mol. The molecule has 110 valence electrons. The van der Waals surface area contributed by atoms with E-state index in [1.165, 1.54) is 6.42 Å². The summed E-state index contributed by atoms with van der Waals surface area (Å²) in [7, 11) is 4.01. The minimum absolute atomic E-state index is 0.126. The monoisotopic (exact) mass is 258 g/mol. The van der Waals surface area contributed by atoms with Gasteiger partial charge in [-0.3, -0.25) is 0 Å². The number of ether oxygens (including phenoxy) is 1. The van der Waals surface area contributed by atoms with E-state index in [2.05, 4.69) is 51.9 Å². The molecule has 1 N–H and O–H groups in total. The zero-order valence-corrected chi connectivity index (χ0v) is 13.5. The van der Waals surface area contributed by atoms with Gasteiger partial charge in [0.2, 0.25) is 0 Å². The summed E-state index contributed by atoms with van der Waals surface area (Å²) in [5, 5.41) is 3.62. The molecule has 0 aromatic rings. The van der Waals surface area contributed by atoms with E-state index in [0.29, 0.717) is 6.04 Å². The Balaban J connectivity index is 4.39. The topological polar surface area (TPSA) is 24.5 Å². The normalized spacial score (nSPS) is 16.0. The molecule has 0 aromatic carbocycles. The first-order valence-electron chi connectivity index (χ1n) is 7.34. The van der Waals surface area contributed by atoms with Gasteiger partial charge in [0.05, 0.1) is 5.60 Å². The molecule has 0 fully saturated rings. The Bertz CT molecular complexity index is 207. The number of methoxy groups -OCH3 is 1. The summed E-state index contributed by atoms with van der Waals surface area (Å²) in [5.74, 6) is 0.757. The van der Waals surface area contributed by atoms with Crippen LogP contribution in [0.3, 0.4) is 0 Å². The summed E-state index contributed by atoms with van der Waals surface area (Å²) in [5.41, 5.74) is -0.126. The molecule has 18 heavy (non-hydrogen) atoms. The van der Waals surface area contributed by atoms with E-state index in [4.69, 9.17) is 4.74 Å². The highest BCUT2D eigenvalue weighted by atomic mass is 16.5. The smallest absolute Gasteiger partial charge is 0.0787 e. The highest BCUT2D eigenvalue weighted by Crippen LogP contribution is 2.15. The van der Waals surface area contributed by atoms with Crippen molar-refractivity contribution in [2.75, 3.05) is 33.8 Å². The highest BCUT2D eigenvalue weighted by Gasteiger charge is 2.29. The SMILES string of the molecule is CCCNC(CN(C)CC(C)CC)C(C)(C)OC. The summed E-state index contributed by atoms with van der Waals surface area (Å²) in [6, 6.07) is 0.372. The van der Waals surface area contributed by atoms with Gasteiger partial charge in [-0.1, -0.05) is 27.2 Å². The van der Waals surface area contributed by atoms with E-state index in [9.17, 15) is 0 Å². The van der Waals surface area contributed by atoms with Crippen molar-refractivity contribution in [2.24, 2.45) is 5.92 Å². The van der Waals surface area contributed by atoms with Crippen LogP contribution < -0.4 is 5.32 Å². The zero-order valence-electron chi connectivity index (χ0n) is 13.5. The predicted octanol–water partition coefficient (Wildman–Crippen LogP) is 2.76. The summed E-state index contributed by atoms with van der Waals surface area (Å²) < 4.78 is 5.64. The Labute approximate surface area is 114 Å². The van der Waals surface area contributed by atoms with Crippen LogP contribution in [0.2, 0.25) is 0 Å². The molecule has 2 unspecified atom stereocenters. The van der Waals surface area contributed by atoms with Gasteiger partial charge in [-0.25, -0.2) is 0 Å². The van der Waals surface area contributed by atoms with Crippen molar-refractivity contribution in [3.8, 4) is 0 Å². The van der Waals surface area contributed by atoms with Crippen LogP contribution in [0.1, 0.15) is 47.5 Å². The fourth-order valence-corrected chi connectivity index (χ4v) is 2.04.